The molecule has 0 radical (unpaired) electrons. The summed E-state index contributed by atoms with van der Waals surface area (Å²) in [5.41, 5.74) is 9.95. The number of fused-ring (bicyclic) bond motifs is 1. The lowest BCUT2D eigenvalue weighted by Gasteiger charge is -2.44. The van der Waals surface area contributed by atoms with Crippen molar-refractivity contribution in [1.29, 1.82) is 0 Å². The third kappa shape index (κ3) is 10.7. The second kappa shape index (κ2) is 19.4. The molecule has 2 heterocycles. The maximum Gasteiger partial charge on any atom is 0.0439 e. The van der Waals surface area contributed by atoms with Crippen LogP contribution >= 0.6 is 11.8 Å². The molecule has 234 valence electrons. The average molecular weight is 591 g/mol. The molecule has 2 aliphatic carbocycles. The molecule has 1 aromatic carbocycles. The Bertz CT molecular complexity index is 1030. The van der Waals surface area contributed by atoms with Gasteiger partial charge in [0, 0.05) is 31.4 Å². The molecule has 4 aliphatic rings. The van der Waals surface area contributed by atoms with E-state index in [0.29, 0.717) is 0 Å². The summed E-state index contributed by atoms with van der Waals surface area (Å²) in [7, 11) is 4.37. The van der Waals surface area contributed by atoms with Crippen LogP contribution in [-0.4, -0.2) is 37.0 Å². The van der Waals surface area contributed by atoms with Crippen LogP contribution in [0.4, 0.5) is 0 Å². The van der Waals surface area contributed by atoms with Gasteiger partial charge in [-0.25, -0.2) is 0 Å². The van der Waals surface area contributed by atoms with Gasteiger partial charge in [-0.3, -0.25) is 0 Å². The molecule has 3 heteroatoms. The Morgan fingerprint density at radius 3 is 2.40 bits per heavy atom. The SMILES string of the molecule is C=C=CCCC1CCCCC1.C=CS/C=C(\C)c1cccc2c1CN(C)C2=C.CC.CC1CCN(C)CC12CCCC2. The zero-order chi connectivity index (χ0) is 31.0. The van der Waals surface area contributed by atoms with Gasteiger partial charge in [0.15, 0.2) is 0 Å². The van der Waals surface area contributed by atoms with E-state index in [9.17, 15) is 0 Å². The summed E-state index contributed by atoms with van der Waals surface area (Å²) < 4.78 is 0. The van der Waals surface area contributed by atoms with E-state index in [2.05, 4.69) is 92.9 Å². The second-order valence-corrected chi connectivity index (χ2v) is 13.6. The van der Waals surface area contributed by atoms with Crippen LogP contribution < -0.4 is 0 Å². The van der Waals surface area contributed by atoms with Crippen molar-refractivity contribution in [2.45, 2.75) is 111 Å². The minimum absolute atomic E-state index is 0.729. The summed E-state index contributed by atoms with van der Waals surface area (Å²) in [6.45, 7) is 23.7. The lowest BCUT2D eigenvalue weighted by atomic mass is 9.71. The fourth-order valence-corrected chi connectivity index (χ4v) is 7.70. The smallest absolute Gasteiger partial charge is 0.0439 e. The molecule has 2 saturated carbocycles. The number of allylic oxidation sites excluding steroid dienone is 2. The topological polar surface area (TPSA) is 6.48 Å². The van der Waals surface area contributed by atoms with Crippen LogP contribution in [0.25, 0.3) is 11.3 Å². The Morgan fingerprint density at radius 1 is 1.07 bits per heavy atom. The van der Waals surface area contributed by atoms with Gasteiger partial charge in [0.2, 0.25) is 0 Å². The molecule has 2 aliphatic heterocycles. The predicted octanol–water partition coefficient (Wildman–Crippen LogP) is 11.6. The number of thioether (sulfide) groups is 1. The molecule has 5 rings (SSSR count). The molecule has 0 bridgehead atoms. The third-order valence-electron chi connectivity index (χ3n) is 9.87. The molecule has 1 unspecified atom stereocenters. The summed E-state index contributed by atoms with van der Waals surface area (Å²) >= 11 is 1.62. The molecule has 0 amide bonds. The lowest BCUT2D eigenvalue weighted by Crippen LogP contribution is -2.44. The Kier molecular flexibility index (Phi) is 16.7. The van der Waals surface area contributed by atoms with Gasteiger partial charge in [-0.05, 0) is 103 Å². The van der Waals surface area contributed by atoms with Crippen LogP contribution in [0.15, 0.2) is 60.6 Å². The first-order valence-electron chi connectivity index (χ1n) is 16.8. The fraction of sp³-hybridized carbons (Fsp3) is 0.615. The number of nitrogens with zero attached hydrogens (tertiary/aromatic N) is 2. The molecule has 1 aromatic rings. The van der Waals surface area contributed by atoms with Crippen molar-refractivity contribution in [2.75, 3.05) is 27.2 Å². The number of rotatable bonds is 6. The largest absolute Gasteiger partial charge is 0.370 e. The van der Waals surface area contributed by atoms with Crippen LogP contribution in [0.1, 0.15) is 121 Å². The predicted molar refractivity (Wildman–Crippen MR) is 191 cm³/mol. The molecule has 0 N–H and O–H groups in total. The van der Waals surface area contributed by atoms with E-state index in [1.807, 2.05) is 19.3 Å². The zero-order valence-corrected chi connectivity index (χ0v) is 29.0. The van der Waals surface area contributed by atoms with Gasteiger partial charge in [-0.1, -0.05) is 104 Å². The highest BCUT2D eigenvalue weighted by Gasteiger charge is 2.41. The number of hydrogen-bond donors (Lipinski definition) is 0. The Morgan fingerprint density at radius 2 is 1.76 bits per heavy atom. The van der Waals surface area contributed by atoms with Gasteiger partial charge < -0.3 is 9.80 Å². The van der Waals surface area contributed by atoms with Crippen LogP contribution in [0.3, 0.4) is 0 Å². The van der Waals surface area contributed by atoms with Crippen LogP contribution in [-0.2, 0) is 6.54 Å². The van der Waals surface area contributed by atoms with E-state index in [1.165, 1.54) is 112 Å². The number of piperidine rings is 1. The zero-order valence-electron chi connectivity index (χ0n) is 28.1. The minimum atomic E-state index is 0.729. The second-order valence-electron chi connectivity index (χ2n) is 12.7. The highest BCUT2D eigenvalue weighted by Crippen LogP contribution is 2.48. The molecule has 2 nitrogen and oxygen atoms in total. The van der Waals surface area contributed by atoms with Crippen LogP contribution in [0.2, 0.25) is 0 Å². The molecule has 1 spiro atoms. The van der Waals surface area contributed by atoms with Crippen molar-refractivity contribution in [1.82, 2.24) is 9.80 Å². The quantitative estimate of drug-likeness (QED) is 0.304. The van der Waals surface area contributed by atoms with E-state index in [4.69, 9.17) is 0 Å². The third-order valence-corrected chi connectivity index (χ3v) is 10.6. The normalized spacial score (nSPS) is 21.6. The Labute approximate surface area is 265 Å². The van der Waals surface area contributed by atoms with E-state index >= 15 is 0 Å². The van der Waals surface area contributed by atoms with Gasteiger partial charge in [-0.2, -0.15) is 0 Å². The summed E-state index contributed by atoms with van der Waals surface area (Å²) in [6, 6.07) is 6.44. The highest BCUT2D eigenvalue weighted by molar-refractivity contribution is 8.05. The summed E-state index contributed by atoms with van der Waals surface area (Å²) in [5, 5.41) is 3.99. The number of hydrogen-bond acceptors (Lipinski definition) is 3. The van der Waals surface area contributed by atoms with Gasteiger partial charge >= 0.3 is 0 Å². The number of likely N-dealkylation sites (tertiary alicyclic amines) is 1. The van der Waals surface area contributed by atoms with Crippen molar-refractivity contribution in [3.8, 4) is 0 Å². The van der Waals surface area contributed by atoms with E-state index in [0.717, 1.165) is 29.5 Å². The monoisotopic (exact) mass is 590 g/mol. The maximum absolute atomic E-state index is 4.12. The van der Waals surface area contributed by atoms with Crippen molar-refractivity contribution >= 4 is 23.0 Å². The fourth-order valence-electron chi connectivity index (χ4n) is 7.27. The van der Waals surface area contributed by atoms with E-state index in [-0.39, 0.29) is 0 Å². The van der Waals surface area contributed by atoms with Gasteiger partial charge in [-0.15, -0.1) is 17.5 Å². The van der Waals surface area contributed by atoms with E-state index < -0.39 is 0 Å². The van der Waals surface area contributed by atoms with Crippen molar-refractivity contribution in [3.63, 3.8) is 0 Å². The standard InChI is InChI=1S/C15H17NS.C11H21N.C11H18.C2H6/c1-5-17-10-11(2)13-7-6-8-14-12(3)16(4)9-15(13)14;1-10-5-8-12(2)9-11(10)6-3-4-7-11;1-2-3-5-8-11-9-6-4-7-10-11;1-2/h5-8,10H,1,3,9H2,2,4H3;10H,3-9H2,1-2H3;3,11H,1,4-10H2;1-2H3/b11-10+;;;. The van der Waals surface area contributed by atoms with E-state index in [1.54, 1.807) is 11.8 Å². The first-order chi connectivity index (χ1) is 20.3. The lowest BCUT2D eigenvalue weighted by molar-refractivity contribution is 0.0556. The summed E-state index contributed by atoms with van der Waals surface area (Å²) in [6.07, 6.45) is 19.3. The molecule has 0 aromatic heterocycles. The summed E-state index contributed by atoms with van der Waals surface area (Å²) in [5.74, 6) is 1.99. The minimum Gasteiger partial charge on any atom is -0.370 e. The maximum atomic E-state index is 4.12. The molecule has 1 atom stereocenters. The Balaban J connectivity index is 0.000000220. The van der Waals surface area contributed by atoms with Crippen molar-refractivity contribution in [3.05, 3.63) is 77.2 Å². The average Bonchev–Trinajstić information content (AvgIpc) is 3.60. The summed E-state index contributed by atoms with van der Waals surface area (Å²) in [4.78, 5) is 4.73. The molecular weight excluding hydrogens is 529 g/mol. The molecule has 1 saturated heterocycles. The van der Waals surface area contributed by atoms with Crippen LogP contribution in [0, 0.1) is 17.3 Å². The molecular formula is C39H62N2S. The van der Waals surface area contributed by atoms with Gasteiger partial charge in [0.05, 0.1) is 0 Å². The number of benzene rings is 1. The van der Waals surface area contributed by atoms with Gasteiger partial charge in [0.25, 0.3) is 0 Å². The van der Waals surface area contributed by atoms with Crippen LogP contribution in [0.5, 0.6) is 0 Å². The highest BCUT2D eigenvalue weighted by atomic mass is 32.2. The molecule has 42 heavy (non-hydrogen) atoms. The molecule has 3 fully saturated rings. The first-order valence-corrected chi connectivity index (χ1v) is 17.7. The van der Waals surface area contributed by atoms with Crippen molar-refractivity contribution < 1.29 is 0 Å². The Hall–Kier alpha value is -1.93. The first kappa shape index (κ1) is 36.3. The van der Waals surface area contributed by atoms with Crippen molar-refractivity contribution in [2.24, 2.45) is 17.3 Å². The van der Waals surface area contributed by atoms with Gasteiger partial charge in [0.1, 0.15) is 0 Å².